The Hall–Kier alpha value is -2.60. The summed E-state index contributed by atoms with van der Waals surface area (Å²) < 4.78 is 10.9. The molecule has 1 aromatic carbocycles. The van der Waals surface area contributed by atoms with E-state index in [9.17, 15) is 9.59 Å². The van der Waals surface area contributed by atoms with Crippen LogP contribution in [0.4, 0.5) is 5.00 Å². The van der Waals surface area contributed by atoms with Gasteiger partial charge in [-0.3, -0.25) is 4.79 Å². The summed E-state index contributed by atoms with van der Waals surface area (Å²) in [5.41, 5.74) is 2.19. The van der Waals surface area contributed by atoms with Crippen LogP contribution < -0.4 is 5.32 Å². The molecule has 0 radical (unpaired) electrons. The van der Waals surface area contributed by atoms with Gasteiger partial charge < -0.3 is 14.5 Å². The Kier molecular flexibility index (Phi) is 4.74. The molecule has 1 amide bonds. The van der Waals surface area contributed by atoms with Gasteiger partial charge in [-0.2, -0.15) is 0 Å². The van der Waals surface area contributed by atoms with Gasteiger partial charge in [-0.25, -0.2) is 4.79 Å². The van der Waals surface area contributed by atoms with Crippen molar-refractivity contribution in [1.29, 1.82) is 0 Å². The molecule has 1 aliphatic rings. The SMILES string of the molecule is CCOC(=O)c1c(NC(=O)c2cc3ccccc3o2)sc2c1CCC(C)C2. The number of amides is 1. The van der Waals surface area contributed by atoms with Gasteiger partial charge in [-0.1, -0.05) is 25.1 Å². The average Bonchev–Trinajstić information content (AvgIpc) is 3.22. The number of benzene rings is 1. The van der Waals surface area contributed by atoms with Gasteiger partial charge in [-0.05, 0) is 49.8 Å². The number of nitrogens with one attached hydrogen (secondary N) is 1. The minimum atomic E-state index is -0.371. The Bertz CT molecular complexity index is 984. The van der Waals surface area contributed by atoms with Crippen molar-refractivity contribution in [2.45, 2.75) is 33.1 Å². The van der Waals surface area contributed by atoms with Gasteiger partial charge in [-0.15, -0.1) is 11.3 Å². The molecule has 27 heavy (non-hydrogen) atoms. The molecule has 1 atom stereocenters. The number of esters is 1. The molecule has 4 rings (SSSR count). The minimum Gasteiger partial charge on any atom is -0.462 e. The molecule has 0 bridgehead atoms. The van der Waals surface area contributed by atoms with Crippen molar-refractivity contribution in [1.82, 2.24) is 0 Å². The van der Waals surface area contributed by atoms with E-state index in [4.69, 9.17) is 9.15 Å². The lowest BCUT2D eigenvalue weighted by atomic mass is 9.88. The monoisotopic (exact) mass is 383 g/mol. The molecule has 2 aromatic heterocycles. The van der Waals surface area contributed by atoms with E-state index < -0.39 is 0 Å². The van der Waals surface area contributed by atoms with E-state index in [2.05, 4.69) is 12.2 Å². The lowest BCUT2D eigenvalue weighted by Crippen LogP contribution is -2.16. The van der Waals surface area contributed by atoms with Crippen LogP contribution in [-0.4, -0.2) is 18.5 Å². The maximum absolute atomic E-state index is 12.7. The van der Waals surface area contributed by atoms with E-state index in [0.717, 1.165) is 35.1 Å². The number of hydrogen-bond acceptors (Lipinski definition) is 5. The Morgan fingerprint density at radius 1 is 1.33 bits per heavy atom. The Balaban J connectivity index is 1.68. The molecular formula is C21H21NO4S. The van der Waals surface area contributed by atoms with Gasteiger partial charge in [0.25, 0.3) is 5.91 Å². The maximum atomic E-state index is 12.7. The number of fused-ring (bicyclic) bond motifs is 2. The van der Waals surface area contributed by atoms with E-state index in [1.54, 1.807) is 13.0 Å². The van der Waals surface area contributed by atoms with Crippen molar-refractivity contribution in [2.24, 2.45) is 5.92 Å². The van der Waals surface area contributed by atoms with Crippen LogP contribution in [0, 0.1) is 5.92 Å². The van der Waals surface area contributed by atoms with Crippen LogP contribution in [-0.2, 0) is 17.6 Å². The van der Waals surface area contributed by atoms with E-state index >= 15 is 0 Å². The quantitative estimate of drug-likeness (QED) is 0.640. The second kappa shape index (κ2) is 7.19. The zero-order valence-electron chi connectivity index (χ0n) is 15.3. The summed E-state index contributed by atoms with van der Waals surface area (Å²) in [6.45, 7) is 4.29. The molecule has 140 valence electrons. The zero-order valence-corrected chi connectivity index (χ0v) is 16.2. The molecule has 1 aliphatic carbocycles. The van der Waals surface area contributed by atoms with E-state index in [-0.39, 0.29) is 17.6 Å². The number of carbonyl (C=O) groups excluding carboxylic acids is 2. The summed E-state index contributed by atoms with van der Waals surface area (Å²) in [5.74, 6) is 0.0729. The summed E-state index contributed by atoms with van der Waals surface area (Å²) in [6.07, 6.45) is 2.79. The van der Waals surface area contributed by atoms with Crippen molar-refractivity contribution >= 4 is 39.2 Å². The fourth-order valence-corrected chi connectivity index (χ4v) is 4.91. The third-order valence-corrected chi connectivity index (χ3v) is 6.04. The topological polar surface area (TPSA) is 68.5 Å². The second-order valence-electron chi connectivity index (χ2n) is 6.88. The number of para-hydroxylation sites is 1. The third-order valence-electron chi connectivity index (χ3n) is 4.87. The van der Waals surface area contributed by atoms with Gasteiger partial charge >= 0.3 is 5.97 Å². The fourth-order valence-electron chi connectivity index (χ4n) is 3.52. The van der Waals surface area contributed by atoms with E-state index in [0.29, 0.717) is 28.7 Å². The highest BCUT2D eigenvalue weighted by molar-refractivity contribution is 7.17. The van der Waals surface area contributed by atoms with Crippen LogP contribution in [0.5, 0.6) is 0 Å². The number of rotatable bonds is 4. The smallest absolute Gasteiger partial charge is 0.341 e. The normalized spacial score (nSPS) is 16.1. The molecule has 0 saturated carbocycles. The minimum absolute atomic E-state index is 0.228. The first-order valence-electron chi connectivity index (χ1n) is 9.18. The van der Waals surface area contributed by atoms with E-state index in [1.165, 1.54) is 11.3 Å². The third kappa shape index (κ3) is 3.37. The summed E-state index contributed by atoms with van der Waals surface area (Å²) >= 11 is 1.48. The molecule has 3 aromatic rings. The highest BCUT2D eigenvalue weighted by Crippen LogP contribution is 2.40. The van der Waals surface area contributed by atoms with Gasteiger partial charge in [0, 0.05) is 10.3 Å². The predicted molar refractivity (Wildman–Crippen MR) is 106 cm³/mol. The molecule has 1 N–H and O–H groups in total. The van der Waals surface area contributed by atoms with Crippen LogP contribution >= 0.6 is 11.3 Å². The van der Waals surface area contributed by atoms with Gasteiger partial charge in [0.2, 0.25) is 0 Å². The number of furan rings is 1. The molecule has 0 fully saturated rings. The molecular weight excluding hydrogens is 362 g/mol. The van der Waals surface area contributed by atoms with Gasteiger partial charge in [0.15, 0.2) is 5.76 Å². The Morgan fingerprint density at radius 3 is 2.93 bits per heavy atom. The number of ether oxygens (including phenoxy) is 1. The first-order chi connectivity index (χ1) is 13.1. The van der Waals surface area contributed by atoms with Crippen LogP contribution in [0.25, 0.3) is 11.0 Å². The first-order valence-corrected chi connectivity index (χ1v) is 10.00. The highest BCUT2D eigenvalue weighted by atomic mass is 32.1. The van der Waals surface area contributed by atoms with Crippen LogP contribution in [0.3, 0.4) is 0 Å². The summed E-state index contributed by atoms with van der Waals surface area (Å²) in [6, 6.07) is 9.18. The van der Waals surface area contributed by atoms with Gasteiger partial charge in [0.05, 0.1) is 12.2 Å². The van der Waals surface area contributed by atoms with Crippen molar-refractivity contribution in [3.8, 4) is 0 Å². The zero-order chi connectivity index (χ0) is 19.0. The standard InChI is InChI=1S/C21H21NO4S/c1-3-25-21(24)18-14-9-8-12(2)10-17(14)27-20(18)22-19(23)16-11-13-6-4-5-7-15(13)26-16/h4-7,11-12H,3,8-10H2,1-2H3,(H,22,23). The van der Waals surface area contributed by atoms with Crippen LogP contribution in [0.2, 0.25) is 0 Å². The summed E-state index contributed by atoms with van der Waals surface area (Å²) in [4.78, 5) is 26.5. The van der Waals surface area contributed by atoms with Gasteiger partial charge in [0.1, 0.15) is 10.6 Å². The molecule has 2 heterocycles. The number of anilines is 1. The first kappa shape index (κ1) is 17.8. The molecule has 6 heteroatoms. The predicted octanol–water partition coefficient (Wildman–Crippen LogP) is 5.05. The number of carbonyl (C=O) groups is 2. The molecule has 0 spiro atoms. The molecule has 0 saturated heterocycles. The second-order valence-corrected chi connectivity index (χ2v) is 7.98. The largest absolute Gasteiger partial charge is 0.462 e. The Labute approximate surface area is 161 Å². The van der Waals surface area contributed by atoms with Crippen molar-refractivity contribution < 1.29 is 18.7 Å². The highest BCUT2D eigenvalue weighted by Gasteiger charge is 2.29. The maximum Gasteiger partial charge on any atom is 0.341 e. The fraction of sp³-hybridized carbons (Fsp3) is 0.333. The van der Waals surface area contributed by atoms with Crippen molar-refractivity contribution in [3.63, 3.8) is 0 Å². The Morgan fingerprint density at radius 2 is 2.15 bits per heavy atom. The lowest BCUT2D eigenvalue weighted by molar-refractivity contribution is 0.0526. The van der Waals surface area contributed by atoms with Crippen LogP contribution in [0.1, 0.15) is 51.6 Å². The van der Waals surface area contributed by atoms with E-state index in [1.807, 2.05) is 24.3 Å². The molecule has 1 unspecified atom stereocenters. The summed E-state index contributed by atoms with van der Waals surface area (Å²) in [7, 11) is 0. The number of thiophene rings is 1. The van der Waals surface area contributed by atoms with Crippen LogP contribution in [0.15, 0.2) is 34.7 Å². The number of hydrogen-bond donors (Lipinski definition) is 1. The lowest BCUT2D eigenvalue weighted by Gasteiger charge is -2.18. The van der Waals surface area contributed by atoms with Crippen molar-refractivity contribution in [3.05, 3.63) is 52.1 Å². The molecule has 5 nitrogen and oxygen atoms in total. The van der Waals surface area contributed by atoms with Crippen molar-refractivity contribution in [2.75, 3.05) is 11.9 Å². The molecule has 0 aliphatic heterocycles. The summed E-state index contributed by atoms with van der Waals surface area (Å²) in [5, 5.41) is 4.31. The average molecular weight is 383 g/mol.